The third-order valence-electron chi connectivity index (χ3n) is 12.5. The Labute approximate surface area is 324 Å². The van der Waals surface area contributed by atoms with Crippen molar-refractivity contribution in [1.82, 2.24) is 0 Å². The Kier molecular flexibility index (Phi) is 12.5. The molecule has 0 aromatic heterocycles. The number of hydrogen-bond acceptors (Lipinski definition) is 0. The van der Waals surface area contributed by atoms with Gasteiger partial charge in [-0.05, 0) is 0 Å². The molecule has 2 atom stereocenters. The molecule has 0 saturated carbocycles. The van der Waals surface area contributed by atoms with Gasteiger partial charge in [-0.25, -0.2) is 0 Å². The molecule has 0 aliphatic heterocycles. The van der Waals surface area contributed by atoms with Gasteiger partial charge in [-0.1, -0.05) is 0 Å². The molecular formula is C48H61Cl2SiZr. The van der Waals surface area contributed by atoms with E-state index in [9.17, 15) is 0 Å². The zero-order valence-electron chi connectivity index (χ0n) is 33.1. The number of allylic oxidation sites excluding steroid dienone is 2. The third kappa shape index (κ3) is 6.91. The number of unbranched alkanes of at least 4 members (excludes halogenated alkanes) is 2. The Morgan fingerprint density at radius 3 is 1.29 bits per heavy atom. The molecule has 0 N–H and O–H groups in total. The minimum absolute atomic E-state index is 0.120. The van der Waals surface area contributed by atoms with Gasteiger partial charge in [0.05, 0.1) is 0 Å². The molecule has 4 aromatic carbocycles. The van der Waals surface area contributed by atoms with Crippen molar-refractivity contribution < 1.29 is 15.6 Å². The van der Waals surface area contributed by atoms with Crippen LogP contribution in [0.15, 0.2) is 83.9 Å². The van der Waals surface area contributed by atoms with Crippen molar-refractivity contribution in [2.24, 2.45) is 0 Å². The van der Waals surface area contributed by atoms with Crippen LogP contribution in [-0.2, 0) is 28.4 Å². The van der Waals surface area contributed by atoms with E-state index in [4.69, 9.17) is 17.0 Å². The van der Waals surface area contributed by atoms with E-state index < -0.39 is 21.5 Å². The molecule has 6 rings (SSSR count). The third-order valence-corrected chi connectivity index (χ3v) is 64.3. The Hall–Kier alpha value is -1.96. The van der Waals surface area contributed by atoms with Crippen LogP contribution in [0.25, 0.3) is 34.4 Å². The minimum atomic E-state index is -4.94. The van der Waals surface area contributed by atoms with E-state index in [1.54, 1.807) is 0 Å². The summed E-state index contributed by atoms with van der Waals surface area (Å²) in [7, 11) is 17.9. The number of rotatable bonds is 15. The van der Waals surface area contributed by atoms with Crippen molar-refractivity contribution in [3.8, 4) is 22.3 Å². The van der Waals surface area contributed by atoms with Gasteiger partial charge in [0.1, 0.15) is 0 Å². The van der Waals surface area contributed by atoms with E-state index in [1.165, 1.54) is 77.9 Å². The van der Waals surface area contributed by atoms with Gasteiger partial charge in [-0.3, -0.25) is 0 Å². The number of fused-ring (bicyclic) bond motifs is 2. The van der Waals surface area contributed by atoms with Crippen molar-refractivity contribution in [1.29, 1.82) is 0 Å². The molecule has 4 heteroatoms. The van der Waals surface area contributed by atoms with Gasteiger partial charge in [0, 0.05) is 0 Å². The van der Waals surface area contributed by atoms with Crippen LogP contribution < -0.4 is 0 Å². The van der Waals surface area contributed by atoms with E-state index in [-0.39, 0.29) is 7.25 Å². The van der Waals surface area contributed by atoms with Crippen LogP contribution in [0.1, 0.15) is 131 Å². The number of halogens is 2. The van der Waals surface area contributed by atoms with Crippen LogP contribution in [0.2, 0.25) is 13.1 Å². The predicted molar refractivity (Wildman–Crippen MR) is 232 cm³/mol. The second-order valence-electron chi connectivity index (χ2n) is 16.2. The molecule has 0 spiro atoms. The van der Waals surface area contributed by atoms with E-state index in [0.29, 0.717) is 0 Å². The van der Waals surface area contributed by atoms with Crippen molar-refractivity contribution in [3.05, 3.63) is 128 Å². The van der Waals surface area contributed by atoms with Gasteiger partial charge in [0.15, 0.2) is 0 Å². The normalized spacial score (nSPS) is 17.5. The van der Waals surface area contributed by atoms with Crippen molar-refractivity contribution in [2.45, 2.75) is 126 Å². The molecule has 0 bridgehead atoms. The monoisotopic (exact) mass is 825 g/mol. The topological polar surface area (TPSA) is 0 Å². The van der Waals surface area contributed by atoms with Crippen molar-refractivity contribution in [3.63, 3.8) is 0 Å². The SMILES string of the molecule is CCCCC1=Cc2c(ccc(CCC)c2-c2ccccc2C)[CH]1[Zr]([Cl])([Cl])([CH]1C(CCCC)=Cc2c1ccc(CCC)c2-c1ccccc1C)[SiH](C)C. The fourth-order valence-corrected chi connectivity index (χ4v) is 41.2. The van der Waals surface area contributed by atoms with Crippen molar-refractivity contribution in [2.75, 3.05) is 0 Å². The van der Waals surface area contributed by atoms with E-state index >= 15 is 0 Å². The van der Waals surface area contributed by atoms with Crippen LogP contribution >= 0.6 is 17.0 Å². The molecule has 2 unspecified atom stereocenters. The molecule has 2 aliphatic rings. The van der Waals surface area contributed by atoms with Gasteiger partial charge < -0.3 is 0 Å². The first-order chi connectivity index (χ1) is 25.0. The fourth-order valence-electron chi connectivity index (χ4n) is 9.74. The first-order valence-corrected chi connectivity index (χ1v) is 36.7. The summed E-state index contributed by atoms with van der Waals surface area (Å²) in [5.41, 5.74) is 19.8. The summed E-state index contributed by atoms with van der Waals surface area (Å²) in [6.45, 7) is 18.8. The molecule has 0 nitrogen and oxygen atoms in total. The summed E-state index contributed by atoms with van der Waals surface area (Å²) in [6, 6.07) is 27.8. The summed E-state index contributed by atoms with van der Waals surface area (Å²) < 4.78 is 0.240. The van der Waals surface area contributed by atoms with Gasteiger partial charge in [-0.2, -0.15) is 0 Å². The molecule has 52 heavy (non-hydrogen) atoms. The summed E-state index contributed by atoms with van der Waals surface area (Å²) in [5, 5.41) is 0. The summed E-state index contributed by atoms with van der Waals surface area (Å²) in [4.78, 5) is 0. The standard InChI is InChI=1S/2C23H27.C2H7Si.2ClH.Zr/c2*1-4-6-11-18-15-20-14-13-19(9-5-2)23(22(20)16-18)21-12-8-7-10-17(21)3;1-3-2;;;/h2*7-8,10,12-16H,4-6,9,11H2,1-3H3;3H,1-2H3;2*1H;/q;;;;;+2/p-2. The molecule has 4 aromatic rings. The second-order valence-corrected chi connectivity index (χ2v) is 58.7. The quantitative estimate of drug-likeness (QED) is 0.105. The Bertz CT molecular complexity index is 1860. The average Bonchev–Trinajstić information content (AvgIpc) is 3.70. The van der Waals surface area contributed by atoms with E-state index in [1.807, 2.05) is 0 Å². The van der Waals surface area contributed by atoms with Crippen LogP contribution in [0.3, 0.4) is 0 Å². The number of aryl methyl sites for hydroxylation is 4. The Balaban J connectivity index is 1.66. The molecule has 0 heterocycles. The van der Waals surface area contributed by atoms with Gasteiger partial charge in [0.2, 0.25) is 0 Å². The second kappa shape index (κ2) is 16.4. The molecule has 0 radical (unpaired) electrons. The van der Waals surface area contributed by atoms with E-state index in [0.717, 1.165) is 64.2 Å². The summed E-state index contributed by atoms with van der Waals surface area (Å²) in [6.07, 6.45) is 16.3. The van der Waals surface area contributed by atoms with Crippen LogP contribution in [0.5, 0.6) is 0 Å². The molecule has 0 saturated heterocycles. The van der Waals surface area contributed by atoms with Gasteiger partial charge in [-0.15, -0.1) is 0 Å². The Morgan fingerprint density at radius 1 is 0.538 bits per heavy atom. The Morgan fingerprint density at radius 2 is 0.942 bits per heavy atom. The maximum atomic E-state index is 8.96. The van der Waals surface area contributed by atoms with Crippen LogP contribution in [0.4, 0.5) is 0 Å². The first-order valence-electron chi connectivity index (χ1n) is 20.4. The fraction of sp³-hybridized carbons (Fsp3) is 0.417. The molecule has 0 fully saturated rings. The van der Waals surface area contributed by atoms with Gasteiger partial charge >= 0.3 is 327 Å². The summed E-state index contributed by atoms with van der Waals surface area (Å²) in [5.74, 6) is -1.68. The van der Waals surface area contributed by atoms with E-state index in [2.05, 4.69) is 140 Å². The zero-order chi connectivity index (χ0) is 37.2. The first kappa shape index (κ1) is 39.7. The zero-order valence-corrected chi connectivity index (χ0v) is 38.3. The molecular weight excluding hydrogens is 767 g/mol. The maximum absolute atomic E-state index is 8.96. The number of hydrogen-bond donors (Lipinski definition) is 0. The summed E-state index contributed by atoms with van der Waals surface area (Å²) >= 11 is -4.94. The number of benzene rings is 4. The molecule has 0 amide bonds. The van der Waals surface area contributed by atoms with Crippen LogP contribution in [0, 0.1) is 13.8 Å². The molecule has 2 aliphatic carbocycles. The molecule has 275 valence electrons. The average molecular weight is 828 g/mol. The van der Waals surface area contributed by atoms with Crippen molar-refractivity contribution >= 4 is 35.1 Å². The van der Waals surface area contributed by atoms with Gasteiger partial charge in [0.25, 0.3) is 0 Å². The van der Waals surface area contributed by atoms with Crippen LogP contribution in [-0.4, -0.2) is 5.92 Å². The predicted octanol–water partition coefficient (Wildman–Crippen LogP) is 15.5.